The average Bonchev–Trinajstić information content (AvgIpc) is 2.32. The summed E-state index contributed by atoms with van der Waals surface area (Å²) in [6, 6.07) is 5.28. The molecule has 0 bridgehead atoms. The van der Waals surface area contributed by atoms with Gasteiger partial charge in [0.05, 0.1) is 6.04 Å². The maximum atomic E-state index is 12.1. The molecule has 3 heteroatoms. The molecule has 0 saturated carbocycles. The van der Waals surface area contributed by atoms with E-state index in [2.05, 4.69) is 12.2 Å². The van der Waals surface area contributed by atoms with Gasteiger partial charge in [-0.15, -0.1) is 0 Å². The number of hydrogen-bond acceptors (Lipinski definition) is 2. The number of hydrogen-bond donors (Lipinski definition) is 1. The smallest absolute Gasteiger partial charge is 0.179 e. The first kappa shape index (κ1) is 14.2. The highest BCUT2D eigenvalue weighted by Crippen LogP contribution is 2.17. The molecule has 1 N–H and O–H groups in total. The summed E-state index contributed by atoms with van der Waals surface area (Å²) in [7, 11) is 0. The molecule has 0 heterocycles. The number of carbonyl (C=O) groups is 1. The third-order valence-corrected chi connectivity index (χ3v) is 3.24. The summed E-state index contributed by atoms with van der Waals surface area (Å²) >= 11 is 5.94. The molecule has 1 aromatic carbocycles. The Kier molecular flexibility index (Phi) is 5.66. The second-order valence-electron chi connectivity index (χ2n) is 4.36. The van der Waals surface area contributed by atoms with Crippen molar-refractivity contribution in [2.45, 2.75) is 39.7 Å². The molecule has 1 aromatic rings. The highest BCUT2D eigenvalue weighted by Gasteiger charge is 2.14. The van der Waals surface area contributed by atoms with E-state index < -0.39 is 0 Å². The van der Waals surface area contributed by atoms with Crippen molar-refractivity contribution >= 4 is 17.4 Å². The lowest BCUT2D eigenvalue weighted by Gasteiger charge is -2.13. The van der Waals surface area contributed by atoms with Gasteiger partial charge in [-0.2, -0.15) is 0 Å². The molecule has 0 spiro atoms. The molecule has 0 saturated heterocycles. The molecule has 0 amide bonds. The van der Waals surface area contributed by atoms with Gasteiger partial charge < -0.3 is 5.32 Å². The Morgan fingerprint density at radius 3 is 2.76 bits per heavy atom. The van der Waals surface area contributed by atoms with Crippen molar-refractivity contribution in [3.05, 3.63) is 34.3 Å². The zero-order valence-corrected chi connectivity index (χ0v) is 11.5. The highest BCUT2D eigenvalue weighted by molar-refractivity contribution is 6.31. The molecule has 0 aliphatic rings. The first-order chi connectivity index (χ1) is 8.06. The summed E-state index contributed by atoms with van der Waals surface area (Å²) in [6.45, 7) is 6.84. The van der Waals surface area contributed by atoms with E-state index in [1.165, 1.54) is 0 Å². The van der Waals surface area contributed by atoms with Crippen molar-refractivity contribution in [1.29, 1.82) is 0 Å². The predicted octanol–water partition coefficient (Wildman–Crippen LogP) is 3.61. The van der Waals surface area contributed by atoms with Crippen LogP contribution in [-0.2, 0) is 0 Å². The second kappa shape index (κ2) is 6.77. The lowest BCUT2D eigenvalue weighted by Crippen LogP contribution is -2.34. The maximum Gasteiger partial charge on any atom is 0.179 e. The van der Waals surface area contributed by atoms with Gasteiger partial charge in [0.25, 0.3) is 0 Å². The summed E-state index contributed by atoms with van der Waals surface area (Å²) in [5, 5.41) is 3.94. The Hall–Kier alpha value is -0.860. The van der Waals surface area contributed by atoms with Crippen molar-refractivity contribution in [1.82, 2.24) is 5.32 Å². The van der Waals surface area contributed by atoms with E-state index in [4.69, 9.17) is 11.6 Å². The van der Waals surface area contributed by atoms with Gasteiger partial charge in [-0.05, 0) is 50.6 Å². The molecule has 0 fully saturated rings. The van der Waals surface area contributed by atoms with Crippen molar-refractivity contribution in [3.63, 3.8) is 0 Å². The Morgan fingerprint density at radius 1 is 1.47 bits per heavy atom. The standard InChI is InChI=1S/C14H20ClNO/c1-4-5-8-16-11(3)14(17)12-6-7-13(15)10(2)9-12/h6-7,9,11,16H,4-5,8H2,1-3H3. The van der Waals surface area contributed by atoms with E-state index in [9.17, 15) is 4.79 Å². The minimum atomic E-state index is -0.137. The minimum Gasteiger partial charge on any atom is -0.307 e. The number of benzene rings is 1. The van der Waals surface area contributed by atoms with Gasteiger partial charge in [0.2, 0.25) is 0 Å². The molecule has 17 heavy (non-hydrogen) atoms. The van der Waals surface area contributed by atoms with Crippen molar-refractivity contribution in [2.24, 2.45) is 0 Å². The molecule has 0 aliphatic heterocycles. The van der Waals surface area contributed by atoms with Crippen LogP contribution in [0.5, 0.6) is 0 Å². The fraction of sp³-hybridized carbons (Fsp3) is 0.500. The number of aryl methyl sites for hydroxylation is 1. The number of Topliss-reactive ketones (excluding diaryl/α,β-unsaturated/α-hetero) is 1. The Labute approximate surface area is 108 Å². The van der Waals surface area contributed by atoms with Crippen LogP contribution in [0.15, 0.2) is 18.2 Å². The summed E-state index contributed by atoms with van der Waals surface area (Å²) in [5.74, 6) is 0.126. The zero-order chi connectivity index (χ0) is 12.8. The van der Waals surface area contributed by atoms with Gasteiger partial charge in [0.15, 0.2) is 5.78 Å². The Morgan fingerprint density at radius 2 is 2.18 bits per heavy atom. The van der Waals surface area contributed by atoms with Gasteiger partial charge in [0, 0.05) is 10.6 Å². The van der Waals surface area contributed by atoms with Crippen molar-refractivity contribution in [3.8, 4) is 0 Å². The Balaban J connectivity index is 2.65. The van der Waals surface area contributed by atoms with Crippen molar-refractivity contribution < 1.29 is 4.79 Å². The average molecular weight is 254 g/mol. The summed E-state index contributed by atoms with van der Waals surface area (Å²) in [4.78, 5) is 12.1. The van der Waals surface area contributed by atoms with Crippen molar-refractivity contribution in [2.75, 3.05) is 6.54 Å². The molecular weight excluding hydrogens is 234 g/mol. The van der Waals surface area contributed by atoms with Gasteiger partial charge in [-0.25, -0.2) is 0 Å². The van der Waals surface area contributed by atoms with Crippen LogP contribution < -0.4 is 5.32 Å². The van der Waals surface area contributed by atoms with Crippen LogP contribution >= 0.6 is 11.6 Å². The normalized spacial score (nSPS) is 12.5. The van der Waals surface area contributed by atoms with Crippen LogP contribution in [0.2, 0.25) is 5.02 Å². The van der Waals surface area contributed by atoms with E-state index in [0.717, 1.165) is 30.5 Å². The molecule has 1 atom stereocenters. The van der Waals surface area contributed by atoms with Crippen LogP contribution in [0.25, 0.3) is 0 Å². The molecular formula is C14H20ClNO. The number of nitrogens with one attached hydrogen (secondary N) is 1. The van der Waals surface area contributed by atoms with Crippen LogP contribution in [-0.4, -0.2) is 18.4 Å². The zero-order valence-electron chi connectivity index (χ0n) is 10.7. The van der Waals surface area contributed by atoms with E-state index >= 15 is 0 Å². The van der Waals surface area contributed by atoms with Gasteiger partial charge in [0.1, 0.15) is 0 Å². The first-order valence-electron chi connectivity index (χ1n) is 6.10. The second-order valence-corrected chi connectivity index (χ2v) is 4.76. The number of unbranched alkanes of at least 4 members (excludes halogenated alkanes) is 1. The van der Waals surface area contributed by atoms with Crippen LogP contribution in [0, 0.1) is 6.92 Å². The van der Waals surface area contributed by atoms with Crippen LogP contribution in [0.3, 0.4) is 0 Å². The quantitative estimate of drug-likeness (QED) is 0.620. The molecule has 94 valence electrons. The molecule has 0 aromatic heterocycles. The van der Waals surface area contributed by atoms with Gasteiger partial charge in [-0.1, -0.05) is 24.9 Å². The lowest BCUT2D eigenvalue weighted by atomic mass is 10.0. The maximum absolute atomic E-state index is 12.1. The first-order valence-corrected chi connectivity index (χ1v) is 6.47. The third kappa shape index (κ3) is 4.14. The number of halogens is 1. The van der Waals surface area contributed by atoms with E-state index in [0.29, 0.717) is 5.02 Å². The SMILES string of the molecule is CCCCNC(C)C(=O)c1ccc(Cl)c(C)c1. The van der Waals surface area contributed by atoms with Crippen LogP contribution in [0.1, 0.15) is 42.6 Å². The van der Waals surface area contributed by atoms with Gasteiger partial charge >= 0.3 is 0 Å². The minimum absolute atomic E-state index is 0.126. The van der Waals surface area contributed by atoms with Crippen LogP contribution in [0.4, 0.5) is 0 Å². The molecule has 1 rings (SSSR count). The largest absolute Gasteiger partial charge is 0.307 e. The van der Waals surface area contributed by atoms with E-state index in [1.54, 1.807) is 12.1 Å². The number of carbonyl (C=O) groups excluding carboxylic acids is 1. The molecule has 2 nitrogen and oxygen atoms in total. The third-order valence-electron chi connectivity index (χ3n) is 2.82. The summed E-state index contributed by atoms with van der Waals surface area (Å²) < 4.78 is 0. The highest BCUT2D eigenvalue weighted by atomic mass is 35.5. The predicted molar refractivity (Wildman–Crippen MR) is 72.9 cm³/mol. The number of rotatable bonds is 6. The molecule has 1 unspecified atom stereocenters. The summed E-state index contributed by atoms with van der Waals surface area (Å²) in [6.07, 6.45) is 2.23. The topological polar surface area (TPSA) is 29.1 Å². The molecule has 0 radical (unpaired) electrons. The fourth-order valence-electron chi connectivity index (χ4n) is 1.64. The fourth-order valence-corrected chi connectivity index (χ4v) is 1.75. The monoisotopic (exact) mass is 253 g/mol. The van der Waals surface area contributed by atoms with E-state index in [-0.39, 0.29) is 11.8 Å². The Bertz CT molecular complexity index is 390. The molecule has 0 aliphatic carbocycles. The number of ketones is 1. The lowest BCUT2D eigenvalue weighted by molar-refractivity contribution is 0.0951. The summed E-state index contributed by atoms with van der Waals surface area (Å²) in [5.41, 5.74) is 1.67. The van der Waals surface area contributed by atoms with E-state index in [1.807, 2.05) is 19.9 Å². The van der Waals surface area contributed by atoms with Gasteiger partial charge in [-0.3, -0.25) is 4.79 Å².